The Bertz CT molecular complexity index is 842. The molecule has 2 N–H and O–H groups in total. The molecule has 9 nitrogen and oxygen atoms in total. The summed E-state index contributed by atoms with van der Waals surface area (Å²) >= 11 is 0. The molecule has 0 saturated carbocycles. The van der Waals surface area contributed by atoms with E-state index in [1.807, 2.05) is 20.8 Å². The van der Waals surface area contributed by atoms with Gasteiger partial charge in [0, 0.05) is 25.1 Å². The van der Waals surface area contributed by atoms with Crippen LogP contribution in [0.25, 0.3) is 0 Å². The van der Waals surface area contributed by atoms with Gasteiger partial charge in [0.2, 0.25) is 5.91 Å². The van der Waals surface area contributed by atoms with Crippen molar-refractivity contribution in [1.82, 2.24) is 15.8 Å². The Balaban J connectivity index is 1.77. The topological polar surface area (TPSA) is 106 Å². The Morgan fingerprint density at radius 3 is 2.35 bits per heavy atom. The summed E-state index contributed by atoms with van der Waals surface area (Å²) in [5, 5.41) is 0. The summed E-state index contributed by atoms with van der Waals surface area (Å²) < 4.78 is 16.5. The zero-order valence-electron chi connectivity index (χ0n) is 21.2. The molecular formula is C25H39N3O6. The van der Waals surface area contributed by atoms with E-state index in [-0.39, 0.29) is 24.3 Å². The highest BCUT2D eigenvalue weighted by Crippen LogP contribution is 2.28. The summed E-state index contributed by atoms with van der Waals surface area (Å²) in [7, 11) is 1.52. The van der Waals surface area contributed by atoms with Crippen molar-refractivity contribution in [2.45, 2.75) is 65.9 Å². The Labute approximate surface area is 202 Å². The van der Waals surface area contributed by atoms with Gasteiger partial charge >= 0.3 is 6.09 Å². The quantitative estimate of drug-likeness (QED) is 0.550. The Hall–Kier alpha value is -2.97. The zero-order chi connectivity index (χ0) is 25.3. The molecule has 0 bridgehead atoms. The molecule has 1 saturated heterocycles. The highest BCUT2D eigenvalue weighted by atomic mass is 16.6. The first-order valence-corrected chi connectivity index (χ1v) is 11.9. The summed E-state index contributed by atoms with van der Waals surface area (Å²) in [6.07, 6.45) is 2.27. The molecule has 3 amide bonds. The van der Waals surface area contributed by atoms with E-state index in [1.165, 1.54) is 7.11 Å². The van der Waals surface area contributed by atoms with Gasteiger partial charge in [0.05, 0.1) is 13.7 Å². The smallest absolute Gasteiger partial charge is 0.410 e. The van der Waals surface area contributed by atoms with E-state index in [9.17, 15) is 14.4 Å². The van der Waals surface area contributed by atoms with Crippen LogP contribution in [0.15, 0.2) is 18.2 Å². The SMILES string of the molecule is COc1cc(C(=O)NNC(=O)CC2CCN(C(=O)OC(C)(C)C)CC2)ccc1OCCC(C)C. The number of ether oxygens (including phenoxy) is 3. The number of amides is 3. The van der Waals surface area contributed by atoms with Gasteiger partial charge in [-0.25, -0.2) is 4.79 Å². The average Bonchev–Trinajstić information content (AvgIpc) is 2.76. The van der Waals surface area contributed by atoms with Gasteiger partial charge in [-0.3, -0.25) is 20.4 Å². The summed E-state index contributed by atoms with van der Waals surface area (Å²) in [5.41, 5.74) is 4.74. The van der Waals surface area contributed by atoms with E-state index in [0.717, 1.165) is 6.42 Å². The highest BCUT2D eigenvalue weighted by Gasteiger charge is 2.28. The van der Waals surface area contributed by atoms with Crippen molar-refractivity contribution in [2.24, 2.45) is 11.8 Å². The van der Waals surface area contributed by atoms with Gasteiger partial charge < -0.3 is 19.1 Å². The lowest BCUT2D eigenvalue weighted by atomic mass is 9.93. The molecule has 9 heteroatoms. The first-order chi connectivity index (χ1) is 16.0. The van der Waals surface area contributed by atoms with E-state index in [0.29, 0.717) is 55.5 Å². The van der Waals surface area contributed by atoms with Gasteiger partial charge in [0.1, 0.15) is 5.60 Å². The number of hydrazine groups is 1. The molecule has 2 rings (SSSR count). The van der Waals surface area contributed by atoms with E-state index in [4.69, 9.17) is 14.2 Å². The van der Waals surface area contributed by atoms with Crippen LogP contribution in [-0.2, 0) is 9.53 Å². The lowest BCUT2D eigenvalue weighted by Gasteiger charge is -2.33. The molecule has 0 unspecified atom stereocenters. The van der Waals surface area contributed by atoms with Gasteiger partial charge in [0.15, 0.2) is 11.5 Å². The van der Waals surface area contributed by atoms with Crippen molar-refractivity contribution in [2.75, 3.05) is 26.8 Å². The second kappa shape index (κ2) is 12.5. The molecule has 0 radical (unpaired) electrons. The van der Waals surface area contributed by atoms with Crippen LogP contribution < -0.4 is 20.3 Å². The van der Waals surface area contributed by atoms with Gasteiger partial charge in [-0.1, -0.05) is 13.8 Å². The summed E-state index contributed by atoms with van der Waals surface area (Å²) in [5.74, 6) is 0.973. The van der Waals surface area contributed by atoms with Gasteiger partial charge in [0.25, 0.3) is 5.91 Å². The molecule has 1 aromatic carbocycles. The lowest BCUT2D eigenvalue weighted by Crippen LogP contribution is -2.44. The Morgan fingerprint density at radius 1 is 1.09 bits per heavy atom. The fraction of sp³-hybridized carbons (Fsp3) is 0.640. The normalized spacial score (nSPS) is 14.5. The number of methoxy groups -OCH3 is 1. The summed E-state index contributed by atoms with van der Waals surface area (Å²) in [6.45, 7) is 11.4. The number of carbonyl (C=O) groups is 3. The molecule has 0 spiro atoms. The standard InChI is InChI=1S/C25H39N3O6/c1-17(2)11-14-33-20-8-7-19(16-21(20)32-6)23(30)27-26-22(29)15-18-9-12-28(13-10-18)24(31)34-25(3,4)5/h7-8,16-18H,9-15H2,1-6H3,(H,26,29)(H,27,30). The maximum absolute atomic E-state index is 12.5. The second-order valence-corrected chi connectivity index (χ2v) is 10.0. The third-order valence-electron chi connectivity index (χ3n) is 5.43. The summed E-state index contributed by atoms with van der Waals surface area (Å²) in [6, 6.07) is 4.90. The maximum Gasteiger partial charge on any atom is 0.410 e. The number of likely N-dealkylation sites (tertiary alicyclic amines) is 1. The predicted octanol–water partition coefficient (Wildman–Crippen LogP) is 3.92. The van der Waals surface area contributed by atoms with Crippen molar-refractivity contribution in [1.29, 1.82) is 0 Å². The molecule has 1 fully saturated rings. The Kier molecular flexibility index (Phi) is 10.0. The molecular weight excluding hydrogens is 438 g/mol. The number of hydrogen-bond acceptors (Lipinski definition) is 6. The summed E-state index contributed by atoms with van der Waals surface area (Å²) in [4.78, 5) is 38.6. The van der Waals surface area contributed by atoms with E-state index < -0.39 is 11.5 Å². The average molecular weight is 478 g/mol. The largest absolute Gasteiger partial charge is 0.493 e. The first-order valence-electron chi connectivity index (χ1n) is 11.9. The molecule has 0 atom stereocenters. The highest BCUT2D eigenvalue weighted by molar-refractivity contribution is 5.96. The Morgan fingerprint density at radius 2 is 1.76 bits per heavy atom. The number of piperidine rings is 1. The predicted molar refractivity (Wildman–Crippen MR) is 129 cm³/mol. The molecule has 1 aliphatic heterocycles. The lowest BCUT2D eigenvalue weighted by molar-refractivity contribution is -0.123. The van der Waals surface area contributed by atoms with Crippen LogP contribution in [0.4, 0.5) is 4.79 Å². The maximum atomic E-state index is 12.5. The van der Waals surface area contributed by atoms with Gasteiger partial charge in [-0.2, -0.15) is 0 Å². The second-order valence-electron chi connectivity index (χ2n) is 10.0. The van der Waals surface area contributed by atoms with Crippen LogP contribution in [-0.4, -0.2) is 55.2 Å². The van der Waals surface area contributed by atoms with Crippen LogP contribution in [0.3, 0.4) is 0 Å². The number of nitrogens with one attached hydrogen (secondary N) is 2. The fourth-order valence-corrected chi connectivity index (χ4v) is 3.49. The third-order valence-corrected chi connectivity index (χ3v) is 5.43. The van der Waals surface area contributed by atoms with Crippen molar-refractivity contribution in [3.63, 3.8) is 0 Å². The van der Waals surface area contributed by atoms with E-state index >= 15 is 0 Å². The van der Waals surface area contributed by atoms with Crippen molar-refractivity contribution >= 4 is 17.9 Å². The monoisotopic (exact) mass is 477 g/mol. The number of carbonyl (C=O) groups excluding carboxylic acids is 3. The van der Waals surface area contributed by atoms with E-state index in [1.54, 1.807) is 23.1 Å². The molecule has 34 heavy (non-hydrogen) atoms. The van der Waals surface area contributed by atoms with Crippen molar-refractivity contribution < 1.29 is 28.6 Å². The van der Waals surface area contributed by atoms with Gasteiger partial charge in [-0.15, -0.1) is 0 Å². The van der Waals surface area contributed by atoms with Crippen LogP contribution in [0, 0.1) is 11.8 Å². The molecule has 1 aliphatic rings. The molecule has 0 aliphatic carbocycles. The number of benzene rings is 1. The number of rotatable bonds is 8. The minimum absolute atomic E-state index is 0.137. The molecule has 190 valence electrons. The van der Waals surface area contributed by atoms with Crippen LogP contribution in [0.2, 0.25) is 0 Å². The minimum Gasteiger partial charge on any atom is -0.493 e. The molecule has 0 aromatic heterocycles. The van der Waals surface area contributed by atoms with E-state index in [2.05, 4.69) is 24.7 Å². The third kappa shape index (κ3) is 9.11. The zero-order valence-corrected chi connectivity index (χ0v) is 21.2. The van der Waals surface area contributed by atoms with Crippen LogP contribution in [0.1, 0.15) is 70.7 Å². The van der Waals surface area contributed by atoms with Crippen molar-refractivity contribution in [3.05, 3.63) is 23.8 Å². The first kappa shape index (κ1) is 27.3. The molecule has 1 aromatic rings. The number of hydrogen-bond donors (Lipinski definition) is 2. The fourth-order valence-electron chi connectivity index (χ4n) is 3.49. The minimum atomic E-state index is -0.531. The number of nitrogens with zero attached hydrogens (tertiary/aromatic N) is 1. The van der Waals surface area contributed by atoms with Crippen molar-refractivity contribution in [3.8, 4) is 11.5 Å². The van der Waals surface area contributed by atoms with Crippen LogP contribution in [0.5, 0.6) is 11.5 Å². The van der Waals surface area contributed by atoms with Crippen LogP contribution >= 0.6 is 0 Å². The molecule has 1 heterocycles. The van der Waals surface area contributed by atoms with Gasteiger partial charge in [-0.05, 0) is 70.1 Å².